The third kappa shape index (κ3) is 2.86. The summed E-state index contributed by atoms with van der Waals surface area (Å²) in [7, 11) is 3.60. The normalized spacial score (nSPS) is 33.2. The third-order valence-electron chi connectivity index (χ3n) is 4.76. The van der Waals surface area contributed by atoms with Crippen molar-refractivity contribution in [2.45, 2.75) is 56.5 Å². The lowest BCUT2D eigenvalue weighted by atomic mass is 9.99. The maximum absolute atomic E-state index is 11.7. The molecule has 0 radical (unpaired) electrons. The Labute approximate surface area is 110 Å². The van der Waals surface area contributed by atoms with Crippen molar-refractivity contribution in [3.8, 4) is 0 Å². The van der Waals surface area contributed by atoms with Crippen molar-refractivity contribution < 1.29 is 9.53 Å². The zero-order chi connectivity index (χ0) is 13.2. The van der Waals surface area contributed by atoms with E-state index in [0.717, 1.165) is 31.7 Å². The molecule has 0 aromatic rings. The molecule has 4 heteroatoms. The SMILES string of the molecule is COC(=O)C1(N)CCC(N(C)CC2CCCC2)C1. The Morgan fingerprint density at radius 2 is 2.06 bits per heavy atom. The van der Waals surface area contributed by atoms with Gasteiger partial charge in [0.15, 0.2) is 0 Å². The summed E-state index contributed by atoms with van der Waals surface area (Å²) in [6, 6.07) is 0.440. The summed E-state index contributed by atoms with van der Waals surface area (Å²) >= 11 is 0. The van der Waals surface area contributed by atoms with Crippen LogP contribution in [0.25, 0.3) is 0 Å². The lowest BCUT2D eigenvalue weighted by molar-refractivity contribution is -0.146. The molecule has 2 aliphatic carbocycles. The van der Waals surface area contributed by atoms with Gasteiger partial charge in [0.2, 0.25) is 0 Å². The number of ether oxygens (including phenoxy) is 1. The number of carbonyl (C=O) groups excluding carboxylic acids is 1. The van der Waals surface area contributed by atoms with Crippen LogP contribution in [0.15, 0.2) is 0 Å². The topological polar surface area (TPSA) is 55.6 Å². The molecule has 0 amide bonds. The van der Waals surface area contributed by atoms with Crippen molar-refractivity contribution in [2.24, 2.45) is 11.7 Å². The van der Waals surface area contributed by atoms with Gasteiger partial charge in [-0.2, -0.15) is 0 Å². The Balaban J connectivity index is 1.85. The predicted molar refractivity (Wildman–Crippen MR) is 71.2 cm³/mol. The second-order valence-corrected chi connectivity index (χ2v) is 6.13. The fourth-order valence-corrected chi connectivity index (χ4v) is 3.56. The van der Waals surface area contributed by atoms with Crippen LogP contribution in [0.3, 0.4) is 0 Å². The minimum absolute atomic E-state index is 0.251. The average Bonchev–Trinajstić information content (AvgIpc) is 2.98. The maximum atomic E-state index is 11.7. The monoisotopic (exact) mass is 254 g/mol. The number of esters is 1. The molecule has 0 spiro atoms. The van der Waals surface area contributed by atoms with Gasteiger partial charge in [0.05, 0.1) is 7.11 Å². The van der Waals surface area contributed by atoms with Crippen LogP contribution in [-0.4, -0.2) is 43.2 Å². The van der Waals surface area contributed by atoms with Gasteiger partial charge < -0.3 is 15.4 Å². The maximum Gasteiger partial charge on any atom is 0.325 e. The van der Waals surface area contributed by atoms with Gasteiger partial charge in [-0.25, -0.2) is 0 Å². The smallest absolute Gasteiger partial charge is 0.325 e. The number of methoxy groups -OCH3 is 1. The van der Waals surface area contributed by atoms with Crippen LogP contribution in [0.2, 0.25) is 0 Å². The van der Waals surface area contributed by atoms with Crippen LogP contribution < -0.4 is 5.73 Å². The highest BCUT2D eigenvalue weighted by molar-refractivity contribution is 5.81. The molecule has 0 heterocycles. The first kappa shape index (κ1) is 13.8. The number of hydrogen-bond donors (Lipinski definition) is 1. The van der Waals surface area contributed by atoms with E-state index in [-0.39, 0.29) is 5.97 Å². The van der Waals surface area contributed by atoms with Crippen molar-refractivity contribution in [3.05, 3.63) is 0 Å². The first-order chi connectivity index (χ1) is 8.55. The Kier molecular flexibility index (Phi) is 4.28. The van der Waals surface area contributed by atoms with E-state index in [1.807, 2.05) is 0 Å². The summed E-state index contributed by atoms with van der Waals surface area (Å²) in [5, 5.41) is 0. The minimum atomic E-state index is -0.747. The molecule has 2 saturated carbocycles. The van der Waals surface area contributed by atoms with Gasteiger partial charge in [-0.05, 0) is 45.1 Å². The molecule has 0 bridgehead atoms. The summed E-state index contributed by atoms with van der Waals surface area (Å²) in [4.78, 5) is 14.1. The molecular weight excluding hydrogens is 228 g/mol. The number of nitrogens with zero attached hydrogens (tertiary/aromatic N) is 1. The van der Waals surface area contributed by atoms with Gasteiger partial charge in [-0.3, -0.25) is 4.79 Å². The number of nitrogens with two attached hydrogens (primary N) is 1. The van der Waals surface area contributed by atoms with Crippen LogP contribution >= 0.6 is 0 Å². The van der Waals surface area contributed by atoms with Crippen molar-refractivity contribution in [2.75, 3.05) is 20.7 Å². The Morgan fingerprint density at radius 3 is 2.67 bits per heavy atom. The second kappa shape index (κ2) is 5.57. The van der Waals surface area contributed by atoms with Gasteiger partial charge in [0, 0.05) is 12.6 Å². The average molecular weight is 254 g/mol. The first-order valence-electron chi connectivity index (χ1n) is 7.13. The van der Waals surface area contributed by atoms with Gasteiger partial charge >= 0.3 is 5.97 Å². The van der Waals surface area contributed by atoms with Crippen molar-refractivity contribution in [3.63, 3.8) is 0 Å². The highest BCUT2D eigenvalue weighted by atomic mass is 16.5. The molecule has 0 aromatic carbocycles. The number of carbonyl (C=O) groups is 1. The molecule has 2 fully saturated rings. The van der Waals surface area contributed by atoms with Crippen LogP contribution in [0, 0.1) is 5.92 Å². The Morgan fingerprint density at radius 1 is 1.39 bits per heavy atom. The summed E-state index contributed by atoms with van der Waals surface area (Å²) in [5.74, 6) is 0.597. The molecule has 2 unspecified atom stereocenters. The van der Waals surface area contributed by atoms with E-state index in [1.165, 1.54) is 32.8 Å². The molecule has 2 aliphatic rings. The standard InChI is InChI=1S/C14H26N2O2/c1-16(10-11-5-3-4-6-11)12-7-8-14(15,9-12)13(17)18-2/h11-12H,3-10,15H2,1-2H3. The quantitative estimate of drug-likeness (QED) is 0.773. The van der Waals surface area contributed by atoms with Crippen LogP contribution in [0.1, 0.15) is 44.9 Å². The summed E-state index contributed by atoms with van der Waals surface area (Å²) < 4.78 is 4.82. The van der Waals surface area contributed by atoms with Gasteiger partial charge in [-0.15, -0.1) is 0 Å². The number of rotatable bonds is 4. The van der Waals surface area contributed by atoms with Gasteiger partial charge in [0.25, 0.3) is 0 Å². The lowest BCUT2D eigenvalue weighted by Crippen LogP contribution is -2.48. The summed E-state index contributed by atoms with van der Waals surface area (Å²) in [5.41, 5.74) is 5.40. The zero-order valence-electron chi connectivity index (χ0n) is 11.7. The Bertz CT molecular complexity index is 302. The summed E-state index contributed by atoms with van der Waals surface area (Å²) in [6.45, 7) is 1.15. The highest BCUT2D eigenvalue weighted by Crippen LogP contribution is 2.33. The van der Waals surface area contributed by atoms with Crippen LogP contribution in [0.4, 0.5) is 0 Å². The van der Waals surface area contributed by atoms with E-state index in [4.69, 9.17) is 10.5 Å². The largest absolute Gasteiger partial charge is 0.468 e. The molecule has 2 N–H and O–H groups in total. The number of hydrogen-bond acceptors (Lipinski definition) is 4. The van der Waals surface area contributed by atoms with Crippen molar-refractivity contribution in [1.82, 2.24) is 4.90 Å². The van der Waals surface area contributed by atoms with E-state index in [1.54, 1.807) is 0 Å². The summed E-state index contributed by atoms with van der Waals surface area (Å²) in [6.07, 6.45) is 7.99. The van der Waals surface area contributed by atoms with E-state index >= 15 is 0 Å². The van der Waals surface area contributed by atoms with Crippen molar-refractivity contribution in [1.29, 1.82) is 0 Å². The first-order valence-corrected chi connectivity index (χ1v) is 7.13. The van der Waals surface area contributed by atoms with E-state index in [0.29, 0.717) is 6.04 Å². The minimum Gasteiger partial charge on any atom is -0.468 e. The second-order valence-electron chi connectivity index (χ2n) is 6.13. The fourth-order valence-electron chi connectivity index (χ4n) is 3.56. The zero-order valence-corrected chi connectivity index (χ0v) is 11.7. The van der Waals surface area contributed by atoms with E-state index in [2.05, 4.69) is 11.9 Å². The predicted octanol–water partition coefficient (Wildman–Crippen LogP) is 1.53. The van der Waals surface area contributed by atoms with E-state index < -0.39 is 5.54 Å². The molecule has 0 saturated heterocycles. The van der Waals surface area contributed by atoms with Gasteiger partial charge in [-0.1, -0.05) is 12.8 Å². The Hall–Kier alpha value is -0.610. The molecule has 4 nitrogen and oxygen atoms in total. The molecular formula is C14H26N2O2. The van der Waals surface area contributed by atoms with Crippen molar-refractivity contribution >= 4 is 5.97 Å². The van der Waals surface area contributed by atoms with E-state index in [9.17, 15) is 4.79 Å². The van der Waals surface area contributed by atoms with Gasteiger partial charge in [0.1, 0.15) is 5.54 Å². The molecule has 104 valence electrons. The molecule has 2 rings (SSSR count). The molecule has 18 heavy (non-hydrogen) atoms. The molecule has 0 aliphatic heterocycles. The molecule has 2 atom stereocenters. The third-order valence-corrected chi connectivity index (χ3v) is 4.76. The fraction of sp³-hybridized carbons (Fsp3) is 0.929. The lowest BCUT2D eigenvalue weighted by Gasteiger charge is -2.28. The molecule has 0 aromatic heterocycles. The van der Waals surface area contributed by atoms with Crippen LogP contribution in [0.5, 0.6) is 0 Å². The highest BCUT2D eigenvalue weighted by Gasteiger charge is 2.44. The van der Waals surface area contributed by atoms with Crippen LogP contribution in [-0.2, 0) is 9.53 Å².